The number of para-hydroxylation sites is 1. The maximum absolute atomic E-state index is 6.18. The van der Waals surface area contributed by atoms with Gasteiger partial charge in [-0.25, -0.2) is 0 Å². The summed E-state index contributed by atoms with van der Waals surface area (Å²) in [7, 11) is 0. The molecule has 3 rings (SSSR count). The van der Waals surface area contributed by atoms with E-state index in [0.717, 1.165) is 28.8 Å². The van der Waals surface area contributed by atoms with Gasteiger partial charge in [-0.2, -0.15) is 0 Å². The lowest BCUT2D eigenvalue weighted by molar-refractivity contribution is 0.562. The number of fused-ring (bicyclic) bond motifs is 1. The van der Waals surface area contributed by atoms with Crippen LogP contribution in [0.1, 0.15) is 12.5 Å². The average Bonchev–Trinajstić information content (AvgIpc) is 2.38. The second kappa shape index (κ2) is 4.89. The Kier molecular flexibility index (Phi) is 3.23. The first kappa shape index (κ1) is 12.5. The van der Waals surface area contributed by atoms with Gasteiger partial charge in [0.25, 0.3) is 0 Å². The van der Waals surface area contributed by atoms with Gasteiger partial charge in [-0.3, -0.25) is 0 Å². The highest BCUT2D eigenvalue weighted by molar-refractivity contribution is 9.10. The van der Waals surface area contributed by atoms with Crippen molar-refractivity contribution >= 4 is 33.0 Å². The fraction of sp³-hybridized carbons (Fsp3) is 0.250. The molecule has 0 aliphatic carbocycles. The number of hydrogen-bond acceptors (Lipinski definition) is 2. The van der Waals surface area contributed by atoms with Gasteiger partial charge >= 0.3 is 0 Å². The Labute approximate surface area is 122 Å². The van der Waals surface area contributed by atoms with Gasteiger partial charge in [0.15, 0.2) is 0 Å². The van der Waals surface area contributed by atoms with E-state index in [1.54, 1.807) is 0 Å². The molecule has 0 spiro atoms. The first-order chi connectivity index (χ1) is 9.15. The molecule has 0 amide bonds. The topological polar surface area (TPSA) is 29.3 Å². The van der Waals surface area contributed by atoms with E-state index >= 15 is 0 Å². The molecule has 2 aromatic carbocycles. The molecule has 1 unspecified atom stereocenters. The van der Waals surface area contributed by atoms with Crippen molar-refractivity contribution in [2.45, 2.75) is 13.3 Å². The number of nitrogen functional groups attached to an aromatic ring is 1. The molecule has 1 atom stereocenters. The van der Waals surface area contributed by atoms with Gasteiger partial charge in [0, 0.05) is 16.7 Å². The van der Waals surface area contributed by atoms with Crippen molar-refractivity contribution in [3.8, 4) is 0 Å². The molecule has 3 heteroatoms. The molecule has 2 N–H and O–H groups in total. The molecule has 2 aromatic rings. The predicted molar refractivity (Wildman–Crippen MR) is 84.9 cm³/mol. The molecule has 1 aliphatic heterocycles. The molecule has 0 aromatic heterocycles. The molecule has 0 radical (unpaired) electrons. The Morgan fingerprint density at radius 2 is 1.95 bits per heavy atom. The third-order valence-corrected chi connectivity index (χ3v) is 4.12. The summed E-state index contributed by atoms with van der Waals surface area (Å²) in [5.41, 5.74) is 10.8. The van der Waals surface area contributed by atoms with E-state index in [1.165, 1.54) is 11.3 Å². The van der Waals surface area contributed by atoms with Crippen LogP contribution in [0, 0.1) is 5.92 Å². The van der Waals surface area contributed by atoms with Crippen LogP contribution in [-0.4, -0.2) is 6.54 Å². The molecule has 98 valence electrons. The van der Waals surface area contributed by atoms with Crippen molar-refractivity contribution in [2.75, 3.05) is 17.2 Å². The summed E-state index contributed by atoms with van der Waals surface area (Å²) in [5, 5.41) is 0. The first-order valence-electron chi connectivity index (χ1n) is 6.55. The van der Waals surface area contributed by atoms with Crippen LogP contribution in [0.25, 0.3) is 0 Å². The van der Waals surface area contributed by atoms with Crippen LogP contribution < -0.4 is 10.6 Å². The van der Waals surface area contributed by atoms with Gasteiger partial charge in [-0.05, 0) is 42.2 Å². The zero-order valence-corrected chi connectivity index (χ0v) is 12.5. The lowest BCUT2D eigenvalue weighted by Gasteiger charge is -2.35. The number of hydrogen-bond donors (Lipinski definition) is 1. The van der Waals surface area contributed by atoms with E-state index in [1.807, 2.05) is 12.1 Å². The Morgan fingerprint density at radius 3 is 2.74 bits per heavy atom. The minimum atomic E-state index is 0.637. The second-order valence-electron chi connectivity index (χ2n) is 5.25. The Balaban J connectivity index is 2.10. The summed E-state index contributed by atoms with van der Waals surface area (Å²) in [5.74, 6) is 0.637. The number of nitrogens with two attached hydrogens (primary N) is 1. The fourth-order valence-corrected chi connectivity index (χ4v) is 3.17. The van der Waals surface area contributed by atoms with Gasteiger partial charge in [0.2, 0.25) is 0 Å². The lowest BCUT2D eigenvalue weighted by Crippen LogP contribution is -2.30. The third-order valence-electron chi connectivity index (χ3n) is 3.63. The van der Waals surface area contributed by atoms with Crippen molar-refractivity contribution in [1.29, 1.82) is 0 Å². The van der Waals surface area contributed by atoms with E-state index < -0.39 is 0 Å². The van der Waals surface area contributed by atoms with E-state index in [2.05, 4.69) is 58.1 Å². The van der Waals surface area contributed by atoms with E-state index in [9.17, 15) is 0 Å². The zero-order chi connectivity index (χ0) is 13.4. The molecule has 0 saturated heterocycles. The minimum Gasteiger partial charge on any atom is -0.397 e. The van der Waals surface area contributed by atoms with Gasteiger partial charge in [0.05, 0.1) is 11.4 Å². The normalized spacial score (nSPS) is 18.2. The van der Waals surface area contributed by atoms with Gasteiger partial charge in [-0.15, -0.1) is 0 Å². The number of rotatable bonds is 1. The van der Waals surface area contributed by atoms with Crippen molar-refractivity contribution in [1.82, 2.24) is 0 Å². The van der Waals surface area contributed by atoms with Crippen molar-refractivity contribution in [3.63, 3.8) is 0 Å². The molecule has 1 heterocycles. The smallest absolute Gasteiger partial charge is 0.0645 e. The van der Waals surface area contributed by atoms with Crippen LogP contribution in [0.5, 0.6) is 0 Å². The van der Waals surface area contributed by atoms with Crippen LogP contribution in [-0.2, 0) is 6.42 Å². The van der Waals surface area contributed by atoms with Gasteiger partial charge in [-0.1, -0.05) is 41.1 Å². The first-order valence-corrected chi connectivity index (χ1v) is 7.35. The summed E-state index contributed by atoms with van der Waals surface area (Å²) in [6.07, 6.45) is 1.14. The van der Waals surface area contributed by atoms with Crippen LogP contribution >= 0.6 is 15.9 Å². The molecule has 1 aliphatic rings. The predicted octanol–water partition coefficient (Wildman–Crippen LogP) is 4.36. The maximum Gasteiger partial charge on any atom is 0.0645 e. The van der Waals surface area contributed by atoms with Crippen LogP contribution in [0.15, 0.2) is 46.9 Å². The molecule has 19 heavy (non-hydrogen) atoms. The monoisotopic (exact) mass is 316 g/mol. The lowest BCUT2D eigenvalue weighted by atomic mass is 9.93. The van der Waals surface area contributed by atoms with E-state index in [-0.39, 0.29) is 0 Å². The van der Waals surface area contributed by atoms with E-state index in [0.29, 0.717) is 5.92 Å². The van der Waals surface area contributed by atoms with Gasteiger partial charge in [0.1, 0.15) is 0 Å². The minimum absolute atomic E-state index is 0.637. The molecular weight excluding hydrogens is 300 g/mol. The second-order valence-corrected chi connectivity index (χ2v) is 6.17. The Morgan fingerprint density at radius 1 is 1.16 bits per heavy atom. The van der Waals surface area contributed by atoms with Crippen LogP contribution in [0.3, 0.4) is 0 Å². The largest absolute Gasteiger partial charge is 0.397 e. The number of nitrogens with zero attached hydrogens (tertiary/aromatic N) is 1. The molecule has 2 nitrogen and oxygen atoms in total. The highest BCUT2D eigenvalue weighted by Gasteiger charge is 2.23. The molecule has 0 fully saturated rings. The summed E-state index contributed by atoms with van der Waals surface area (Å²) in [6.45, 7) is 3.31. The van der Waals surface area contributed by atoms with Crippen molar-refractivity contribution < 1.29 is 0 Å². The average molecular weight is 317 g/mol. The Bertz CT molecular complexity index is 609. The van der Waals surface area contributed by atoms with Crippen LogP contribution in [0.4, 0.5) is 17.1 Å². The number of halogens is 1. The van der Waals surface area contributed by atoms with Gasteiger partial charge < -0.3 is 10.6 Å². The van der Waals surface area contributed by atoms with E-state index in [4.69, 9.17) is 5.73 Å². The van der Waals surface area contributed by atoms with Crippen molar-refractivity contribution in [3.05, 3.63) is 52.5 Å². The summed E-state index contributed by atoms with van der Waals surface area (Å²) in [4.78, 5) is 2.34. The van der Waals surface area contributed by atoms with Crippen LogP contribution in [0.2, 0.25) is 0 Å². The zero-order valence-electron chi connectivity index (χ0n) is 10.9. The fourth-order valence-electron chi connectivity index (χ4n) is 2.80. The quantitative estimate of drug-likeness (QED) is 0.792. The summed E-state index contributed by atoms with van der Waals surface area (Å²) in [6, 6.07) is 14.7. The SMILES string of the molecule is CC1Cc2ccccc2N(c2ccc(Br)cc2N)C1. The number of anilines is 3. The molecular formula is C16H17BrN2. The summed E-state index contributed by atoms with van der Waals surface area (Å²) < 4.78 is 1.02. The third kappa shape index (κ3) is 2.35. The molecule has 0 saturated carbocycles. The standard InChI is InChI=1S/C16H17BrN2/c1-11-8-12-4-2-3-5-15(12)19(10-11)16-7-6-13(17)9-14(16)18/h2-7,9,11H,8,10,18H2,1H3. The Hall–Kier alpha value is -1.48. The maximum atomic E-state index is 6.18. The van der Waals surface area contributed by atoms with Crippen molar-refractivity contribution in [2.24, 2.45) is 5.92 Å². The number of benzene rings is 2. The molecule has 0 bridgehead atoms. The summed E-state index contributed by atoms with van der Waals surface area (Å²) >= 11 is 3.47. The highest BCUT2D eigenvalue weighted by atomic mass is 79.9. The highest BCUT2D eigenvalue weighted by Crippen LogP contribution is 2.38.